The number of halogens is 1. The summed E-state index contributed by atoms with van der Waals surface area (Å²) in [7, 11) is -3.51. The number of piperidine rings is 1. The molecule has 1 aromatic rings. The minimum absolute atomic E-state index is 0.229. The van der Waals surface area contributed by atoms with Gasteiger partial charge in [0.1, 0.15) is 11.6 Å². The predicted molar refractivity (Wildman–Crippen MR) is 74.3 cm³/mol. The fraction of sp³-hybridized carbons (Fsp3) is 0.500. The molecule has 1 amide bonds. The van der Waals surface area contributed by atoms with E-state index in [1.165, 1.54) is 24.3 Å². The average molecular weight is 299 g/mol. The molecule has 110 valence electrons. The third-order valence-electron chi connectivity index (χ3n) is 3.35. The zero-order chi connectivity index (χ0) is 14.6. The van der Waals surface area contributed by atoms with Crippen molar-refractivity contribution < 1.29 is 17.6 Å². The Morgan fingerprint density at radius 2 is 1.70 bits per heavy atom. The average Bonchev–Trinajstić information content (AvgIpc) is 2.41. The molecule has 0 unspecified atom stereocenters. The van der Waals surface area contributed by atoms with E-state index in [0.29, 0.717) is 18.7 Å². The molecule has 1 saturated heterocycles. The standard InChI is InChI=1S/C14H18FNO3S/c15-13-6-4-12(5-7-13)10-20(18,19)11-14(17)16-8-2-1-3-9-16/h4-7H,1-3,8-11H2. The Morgan fingerprint density at radius 3 is 2.30 bits per heavy atom. The summed E-state index contributed by atoms with van der Waals surface area (Å²) < 4.78 is 36.8. The Labute approximate surface area is 118 Å². The second kappa shape index (κ2) is 6.35. The Kier molecular flexibility index (Phi) is 4.75. The first kappa shape index (κ1) is 15.0. The molecule has 1 aromatic carbocycles. The van der Waals surface area contributed by atoms with Crippen LogP contribution in [0.15, 0.2) is 24.3 Å². The Bertz CT molecular complexity index is 563. The first-order valence-electron chi connectivity index (χ1n) is 6.69. The summed E-state index contributed by atoms with van der Waals surface area (Å²) in [4.78, 5) is 13.6. The fourth-order valence-corrected chi connectivity index (χ4v) is 3.67. The largest absolute Gasteiger partial charge is 0.342 e. The molecule has 0 aliphatic carbocycles. The molecule has 2 rings (SSSR count). The van der Waals surface area contributed by atoms with E-state index in [0.717, 1.165) is 19.3 Å². The van der Waals surface area contributed by atoms with Crippen LogP contribution in [0, 0.1) is 5.82 Å². The predicted octanol–water partition coefficient (Wildman–Crippen LogP) is 1.75. The van der Waals surface area contributed by atoms with Crippen molar-refractivity contribution in [1.29, 1.82) is 0 Å². The Hall–Kier alpha value is -1.43. The first-order valence-corrected chi connectivity index (χ1v) is 8.51. The van der Waals surface area contributed by atoms with Crippen molar-refractivity contribution in [2.24, 2.45) is 0 Å². The van der Waals surface area contributed by atoms with Gasteiger partial charge in [-0.25, -0.2) is 12.8 Å². The summed E-state index contributed by atoms with van der Waals surface area (Å²) in [6.45, 7) is 1.29. The fourth-order valence-electron chi connectivity index (χ4n) is 2.31. The van der Waals surface area contributed by atoms with Crippen molar-refractivity contribution in [3.63, 3.8) is 0 Å². The smallest absolute Gasteiger partial charge is 0.237 e. The molecule has 0 bridgehead atoms. The number of carbonyl (C=O) groups is 1. The van der Waals surface area contributed by atoms with Crippen molar-refractivity contribution in [1.82, 2.24) is 4.90 Å². The molecule has 0 saturated carbocycles. The monoisotopic (exact) mass is 299 g/mol. The van der Waals surface area contributed by atoms with E-state index in [1.54, 1.807) is 4.90 Å². The highest BCUT2D eigenvalue weighted by Gasteiger charge is 2.23. The molecule has 4 nitrogen and oxygen atoms in total. The van der Waals surface area contributed by atoms with Crippen LogP contribution in [0.25, 0.3) is 0 Å². The van der Waals surface area contributed by atoms with E-state index < -0.39 is 21.4 Å². The lowest BCUT2D eigenvalue weighted by Gasteiger charge is -2.26. The molecule has 0 radical (unpaired) electrons. The van der Waals surface area contributed by atoms with Crippen LogP contribution in [-0.2, 0) is 20.4 Å². The van der Waals surface area contributed by atoms with Crippen molar-refractivity contribution in [3.05, 3.63) is 35.6 Å². The Morgan fingerprint density at radius 1 is 1.10 bits per heavy atom. The number of amides is 1. The van der Waals surface area contributed by atoms with Gasteiger partial charge in [-0.05, 0) is 37.0 Å². The van der Waals surface area contributed by atoms with Gasteiger partial charge >= 0.3 is 0 Å². The van der Waals surface area contributed by atoms with Crippen molar-refractivity contribution in [3.8, 4) is 0 Å². The van der Waals surface area contributed by atoms with Crippen LogP contribution in [0.1, 0.15) is 24.8 Å². The summed E-state index contributed by atoms with van der Waals surface area (Å²) in [5, 5.41) is 0. The van der Waals surface area contributed by atoms with Crippen LogP contribution < -0.4 is 0 Å². The lowest BCUT2D eigenvalue weighted by Crippen LogP contribution is -2.39. The number of hydrogen-bond acceptors (Lipinski definition) is 3. The first-order chi connectivity index (χ1) is 9.46. The lowest BCUT2D eigenvalue weighted by atomic mass is 10.1. The van der Waals surface area contributed by atoms with E-state index in [2.05, 4.69) is 0 Å². The van der Waals surface area contributed by atoms with Gasteiger partial charge < -0.3 is 4.90 Å². The molecular weight excluding hydrogens is 281 g/mol. The SMILES string of the molecule is O=C(CS(=O)(=O)Cc1ccc(F)cc1)N1CCCCC1. The number of sulfone groups is 1. The van der Waals surface area contributed by atoms with Crippen LogP contribution in [0.3, 0.4) is 0 Å². The summed E-state index contributed by atoms with van der Waals surface area (Å²) in [5.74, 6) is -1.43. The lowest BCUT2D eigenvalue weighted by molar-refractivity contribution is -0.129. The maximum atomic E-state index is 12.8. The van der Waals surface area contributed by atoms with E-state index in [1.807, 2.05) is 0 Å². The van der Waals surface area contributed by atoms with Crippen molar-refractivity contribution >= 4 is 15.7 Å². The number of rotatable bonds is 4. The summed E-state index contributed by atoms with van der Waals surface area (Å²) in [6, 6.07) is 5.30. The zero-order valence-electron chi connectivity index (χ0n) is 11.2. The second-order valence-electron chi connectivity index (χ2n) is 5.10. The number of benzene rings is 1. The second-order valence-corrected chi connectivity index (χ2v) is 7.16. The van der Waals surface area contributed by atoms with Gasteiger partial charge in [0.2, 0.25) is 5.91 Å². The van der Waals surface area contributed by atoms with Crippen LogP contribution in [-0.4, -0.2) is 38.1 Å². The molecule has 0 N–H and O–H groups in total. The number of likely N-dealkylation sites (tertiary alicyclic amines) is 1. The van der Waals surface area contributed by atoms with Crippen LogP contribution >= 0.6 is 0 Å². The van der Waals surface area contributed by atoms with Crippen LogP contribution in [0.5, 0.6) is 0 Å². The highest BCUT2D eigenvalue weighted by molar-refractivity contribution is 7.91. The maximum absolute atomic E-state index is 12.8. The summed E-state index contributed by atoms with van der Waals surface area (Å²) in [5.41, 5.74) is 0.498. The summed E-state index contributed by atoms with van der Waals surface area (Å²) in [6.07, 6.45) is 2.96. The Balaban J connectivity index is 1.96. The number of nitrogens with zero attached hydrogens (tertiary/aromatic N) is 1. The van der Waals surface area contributed by atoms with Gasteiger partial charge in [-0.2, -0.15) is 0 Å². The van der Waals surface area contributed by atoms with Gasteiger partial charge in [0.05, 0.1) is 5.75 Å². The van der Waals surface area contributed by atoms with Gasteiger partial charge in [0.15, 0.2) is 9.84 Å². The van der Waals surface area contributed by atoms with Crippen LogP contribution in [0.2, 0.25) is 0 Å². The summed E-state index contributed by atoms with van der Waals surface area (Å²) >= 11 is 0. The minimum atomic E-state index is -3.51. The molecule has 1 aliphatic heterocycles. The molecule has 6 heteroatoms. The van der Waals surface area contributed by atoms with Gasteiger partial charge in [-0.15, -0.1) is 0 Å². The number of hydrogen-bond donors (Lipinski definition) is 0. The van der Waals surface area contributed by atoms with Crippen LogP contribution in [0.4, 0.5) is 4.39 Å². The minimum Gasteiger partial charge on any atom is -0.342 e. The zero-order valence-corrected chi connectivity index (χ0v) is 12.0. The molecule has 0 spiro atoms. The van der Waals surface area contributed by atoms with Gasteiger partial charge in [-0.3, -0.25) is 4.79 Å². The molecule has 1 aliphatic rings. The molecular formula is C14H18FNO3S. The highest BCUT2D eigenvalue weighted by Crippen LogP contribution is 2.12. The molecule has 1 fully saturated rings. The quantitative estimate of drug-likeness (QED) is 0.851. The number of carbonyl (C=O) groups excluding carboxylic acids is 1. The normalized spacial score (nSPS) is 16.1. The van der Waals surface area contributed by atoms with E-state index >= 15 is 0 Å². The highest BCUT2D eigenvalue weighted by atomic mass is 32.2. The van der Waals surface area contributed by atoms with Gasteiger partial charge in [0.25, 0.3) is 0 Å². The van der Waals surface area contributed by atoms with Gasteiger partial charge in [0, 0.05) is 13.1 Å². The topological polar surface area (TPSA) is 54.5 Å². The molecule has 0 aromatic heterocycles. The van der Waals surface area contributed by atoms with E-state index in [4.69, 9.17) is 0 Å². The van der Waals surface area contributed by atoms with Crippen molar-refractivity contribution in [2.75, 3.05) is 18.8 Å². The van der Waals surface area contributed by atoms with E-state index in [9.17, 15) is 17.6 Å². The molecule has 0 atom stereocenters. The molecule has 20 heavy (non-hydrogen) atoms. The van der Waals surface area contributed by atoms with Crippen molar-refractivity contribution in [2.45, 2.75) is 25.0 Å². The van der Waals surface area contributed by atoms with Gasteiger partial charge in [-0.1, -0.05) is 12.1 Å². The molecule has 1 heterocycles. The third-order valence-corrected chi connectivity index (χ3v) is 4.81. The maximum Gasteiger partial charge on any atom is 0.237 e. The third kappa shape index (κ3) is 4.30. The van der Waals surface area contributed by atoms with E-state index in [-0.39, 0.29) is 11.7 Å².